The van der Waals surface area contributed by atoms with Crippen LogP contribution in [0.15, 0.2) is 24.3 Å². The number of rotatable bonds is 12. The molecule has 0 unspecified atom stereocenters. The number of hydrogen-bond donors (Lipinski definition) is 1. The third-order valence-electron chi connectivity index (χ3n) is 4.00. The van der Waals surface area contributed by atoms with Gasteiger partial charge in [0.25, 0.3) is 0 Å². The molecule has 0 saturated carbocycles. The fraction of sp³-hybridized carbons (Fsp3) is 0.458. The van der Waals surface area contributed by atoms with Crippen molar-refractivity contribution in [2.24, 2.45) is 0 Å². The van der Waals surface area contributed by atoms with Gasteiger partial charge in [-0.3, -0.25) is 14.4 Å². The molecule has 0 saturated heterocycles. The number of ether oxygens (including phenoxy) is 4. The Labute approximate surface area is 194 Å². The molecule has 0 aromatic heterocycles. The van der Waals surface area contributed by atoms with Crippen LogP contribution in [0.3, 0.4) is 0 Å². The maximum Gasteiger partial charge on any atom is 0.308 e. The van der Waals surface area contributed by atoms with E-state index in [-0.39, 0.29) is 45.2 Å². The second-order valence-electron chi connectivity index (χ2n) is 6.61. The molecule has 0 bridgehead atoms. The summed E-state index contributed by atoms with van der Waals surface area (Å²) in [6.07, 6.45) is 0.182. The SMILES string of the molecule is COCC#CCOC(=O)CCN(CCC(=O)OCC#CCOC)c1cccc(NC(C)=O)c1. The van der Waals surface area contributed by atoms with Gasteiger partial charge in [-0.1, -0.05) is 29.7 Å². The molecule has 9 heteroatoms. The fourth-order valence-corrected chi connectivity index (χ4v) is 2.53. The Morgan fingerprint density at radius 3 is 1.85 bits per heavy atom. The summed E-state index contributed by atoms with van der Waals surface area (Å²) < 4.78 is 19.8. The van der Waals surface area contributed by atoms with Gasteiger partial charge in [-0.25, -0.2) is 0 Å². The number of carbonyl (C=O) groups is 3. The van der Waals surface area contributed by atoms with Crippen molar-refractivity contribution in [3.05, 3.63) is 24.3 Å². The molecule has 0 spiro atoms. The lowest BCUT2D eigenvalue weighted by Gasteiger charge is -2.24. The van der Waals surface area contributed by atoms with Gasteiger partial charge in [0.15, 0.2) is 13.2 Å². The molecule has 0 radical (unpaired) electrons. The zero-order valence-electron chi connectivity index (χ0n) is 19.3. The Bertz CT molecular complexity index is 849. The van der Waals surface area contributed by atoms with Gasteiger partial charge in [0.1, 0.15) is 13.2 Å². The fourth-order valence-electron chi connectivity index (χ4n) is 2.53. The summed E-state index contributed by atoms with van der Waals surface area (Å²) in [5.41, 5.74) is 1.35. The Morgan fingerprint density at radius 2 is 1.36 bits per heavy atom. The summed E-state index contributed by atoms with van der Waals surface area (Å²) in [6.45, 7) is 2.52. The first-order valence-corrected chi connectivity index (χ1v) is 10.3. The standard InChI is InChI=1S/C24H30N2O7/c1-20(27)25-21-9-8-10-22(19-21)26(13-11-23(28)32-17-6-4-15-30-2)14-12-24(29)33-18-7-5-16-31-3/h8-10,19H,11-18H2,1-3H3,(H,25,27). The number of esters is 2. The Kier molecular flexibility index (Phi) is 14.2. The molecule has 9 nitrogen and oxygen atoms in total. The van der Waals surface area contributed by atoms with Crippen molar-refractivity contribution in [2.75, 3.05) is 64.0 Å². The molecule has 178 valence electrons. The Balaban J connectivity index is 2.72. The third-order valence-corrected chi connectivity index (χ3v) is 4.00. The number of benzene rings is 1. The maximum atomic E-state index is 12.1. The predicted octanol–water partition coefficient (Wildman–Crippen LogP) is 1.62. The van der Waals surface area contributed by atoms with E-state index in [0.29, 0.717) is 18.8 Å². The van der Waals surface area contributed by atoms with Crippen LogP contribution < -0.4 is 10.2 Å². The van der Waals surface area contributed by atoms with E-state index in [1.807, 2.05) is 11.0 Å². The van der Waals surface area contributed by atoms with E-state index in [1.165, 1.54) is 21.1 Å². The lowest BCUT2D eigenvalue weighted by molar-refractivity contribution is -0.142. The van der Waals surface area contributed by atoms with Crippen LogP contribution in [0, 0.1) is 23.7 Å². The summed E-state index contributed by atoms with van der Waals surface area (Å²) in [5.74, 6) is 9.74. The zero-order chi connectivity index (χ0) is 24.3. The number of anilines is 2. The first-order chi connectivity index (χ1) is 16.0. The van der Waals surface area contributed by atoms with Crippen LogP contribution >= 0.6 is 0 Å². The molecular formula is C24H30N2O7. The molecule has 0 fully saturated rings. The van der Waals surface area contributed by atoms with E-state index >= 15 is 0 Å². The number of methoxy groups -OCH3 is 2. The highest BCUT2D eigenvalue weighted by Gasteiger charge is 2.13. The van der Waals surface area contributed by atoms with Crippen LogP contribution in [0.25, 0.3) is 0 Å². The lowest BCUT2D eigenvalue weighted by atomic mass is 10.2. The summed E-state index contributed by atoms with van der Waals surface area (Å²) in [5, 5.41) is 2.72. The average molecular weight is 459 g/mol. The number of carbonyl (C=O) groups excluding carboxylic acids is 3. The van der Waals surface area contributed by atoms with Crippen LogP contribution in [0.4, 0.5) is 11.4 Å². The van der Waals surface area contributed by atoms with E-state index < -0.39 is 11.9 Å². The molecule has 0 aliphatic carbocycles. The number of nitrogens with zero attached hydrogens (tertiary/aromatic N) is 1. The predicted molar refractivity (Wildman–Crippen MR) is 123 cm³/mol. The third kappa shape index (κ3) is 13.5. The topological polar surface area (TPSA) is 103 Å². The van der Waals surface area contributed by atoms with Crippen LogP contribution in [0.2, 0.25) is 0 Å². The van der Waals surface area contributed by atoms with Crippen LogP contribution in [0.5, 0.6) is 0 Å². The second kappa shape index (κ2) is 17.1. The molecule has 1 aromatic carbocycles. The molecule has 0 heterocycles. The van der Waals surface area contributed by atoms with Crippen LogP contribution in [-0.4, -0.2) is 71.6 Å². The number of amides is 1. The maximum absolute atomic E-state index is 12.1. The van der Waals surface area contributed by atoms with E-state index in [0.717, 1.165) is 5.69 Å². The van der Waals surface area contributed by atoms with Gasteiger partial charge in [0.2, 0.25) is 5.91 Å². The summed E-state index contributed by atoms with van der Waals surface area (Å²) in [4.78, 5) is 37.4. The van der Waals surface area contributed by atoms with E-state index in [2.05, 4.69) is 29.0 Å². The smallest absolute Gasteiger partial charge is 0.308 e. The molecule has 0 aliphatic rings. The highest BCUT2D eigenvalue weighted by Crippen LogP contribution is 2.20. The molecule has 33 heavy (non-hydrogen) atoms. The quantitative estimate of drug-likeness (QED) is 0.372. The van der Waals surface area contributed by atoms with Gasteiger partial charge in [-0.05, 0) is 18.2 Å². The Morgan fingerprint density at radius 1 is 0.848 bits per heavy atom. The van der Waals surface area contributed by atoms with E-state index in [4.69, 9.17) is 18.9 Å². The first kappa shape index (κ1) is 27.5. The van der Waals surface area contributed by atoms with Gasteiger partial charge in [0, 0.05) is 45.6 Å². The van der Waals surface area contributed by atoms with Crippen molar-refractivity contribution >= 4 is 29.2 Å². The van der Waals surface area contributed by atoms with Crippen molar-refractivity contribution < 1.29 is 33.3 Å². The van der Waals surface area contributed by atoms with Crippen molar-refractivity contribution in [2.45, 2.75) is 19.8 Å². The highest BCUT2D eigenvalue weighted by molar-refractivity contribution is 5.89. The molecule has 1 aromatic rings. The molecule has 1 rings (SSSR count). The molecule has 0 aliphatic heterocycles. The largest absolute Gasteiger partial charge is 0.452 e. The van der Waals surface area contributed by atoms with Gasteiger partial charge >= 0.3 is 11.9 Å². The van der Waals surface area contributed by atoms with Gasteiger partial charge in [0.05, 0.1) is 12.8 Å². The molecular weight excluding hydrogens is 428 g/mol. The second-order valence-corrected chi connectivity index (χ2v) is 6.61. The minimum atomic E-state index is -0.416. The van der Waals surface area contributed by atoms with E-state index in [1.54, 1.807) is 18.2 Å². The molecule has 1 amide bonds. The lowest BCUT2D eigenvalue weighted by Crippen LogP contribution is -2.29. The first-order valence-electron chi connectivity index (χ1n) is 10.3. The van der Waals surface area contributed by atoms with Gasteiger partial charge < -0.3 is 29.2 Å². The van der Waals surface area contributed by atoms with Gasteiger partial charge in [-0.2, -0.15) is 0 Å². The number of hydrogen-bond acceptors (Lipinski definition) is 8. The van der Waals surface area contributed by atoms with Crippen molar-refractivity contribution in [3.8, 4) is 23.7 Å². The Hall–Kier alpha value is -3.53. The van der Waals surface area contributed by atoms with Crippen LogP contribution in [0.1, 0.15) is 19.8 Å². The van der Waals surface area contributed by atoms with Crippen molar-refractivity contribution in [1.29, 1.82) is 0 Å². The summed E-state index contributed by atoms with van der Waals surface area (Å²) in [6, 6.07) is 7.13. The average Bonchev–Trinajstić information content (AvgIpc) is 2.78. The van der Waals surface area contributed by atoms with E-state index in [9.17, 15) is 14.4 Å². The minimum Gasteiger partial charge on any atom is -0.452 e. The van der Waals surface area contributed by atoms with Crippen molar-refractivity contribution in [3.63, 3.8) is 0 Å². The molecule has 1 N–H and O–H groups in total. The minimum absolute atomic E-state index is 0.0172. The van der Waals surface area contributed by atoms with Crippen LogP contribution in [-0.2, 0) is 33.3 Å². The highest BCUT2D eigenvalue weighted by atomic mass is 16.5. The zero-order valence-corrected chi connectivity index (χ0v) is 19.3. The summed E-state index contributed by atoms with van der Waals surface area (Å²) in [7, 11) is 3.06. The normalized spacial score (nSPS) is 9.55. The van der Waals surface area contributed by atoms with Crippen molar-refractivity contribution in [1.82, 2.24) is 0 Å². The summed E-state index contributed by atoms with van der Waals surface area (Å²) >= 11 is 0. The molecule has 0 atom stereocenters. The number of nitrogens with one attached hydrogen (secondary N) is 1. The monoisotopic (exact) mass is 458 g/mol. The van der Waals surface area contributed by atoms with Gasteiger partial charge in [-0.15, -0.1) is 0 Å².